The molecule has 0 unspecified atom stereocenters. The number of halogens is 2. The molecule has 0 radical (unpaired) electrons. The summed E-state index contributed by atoms with van der Waals surface area (Å²) in [5, 5.41) is 0. The number of hydrogen-bond acceptors (Lipinski definition) is 3. The summed E-state index contributed by atoms with van der Waals surface area (Å²) in [6.45, 7) is 3.78. The molecule has 3 nitrogen and oxygen atoms in total. The number of likely N-dealkylation sites (tertiary alicyclic amines) is 1. The van der Waals surface area contributed by atoms with Gasteiger partial charge in [0.25, 0.3) is 0 Å². The van der Waals surface area contributed by atoms with Crippen LogP contribution in [0.4, 0.5) is 25.8 Å². The molecule has 1 saturated heterocycles. The predicted molar refractivity (Wildman–Crippen MR) is 93.1 cm³/mol. The van der Waals surface area contributed by atoms with Crippen molar-refractivity contribution in [2.24, 2.45) is 0 Å². The molecule has 0 N–H and O–H groups in total. The lowest BCUT2D eigenvalue weighted by Crippen LogP contribution is -2.45. The van der Waals surface area contributed by atoms with Gasteiger partial charge >= 0.3 is 0 Å². The Morgan fingerprint density at radius 3 is 2.33 bits per heavy atom. The van der Waals surface area contributed by atoms with Crippen molar-refractivity contribution in [3.05, 3.63) is 54.1 Å². The van der Waals surface area contributed by atoms with Crippen LogP contribution in [0.15, 0.2) is 42.5 Å². The number of fused-ring (bicyclic) bond motifs is 1. The van der Waals surface area contributed by atoms with E-state index in [1.54, 1.807) is 18.2 Å². The molecule has 2 aromatic carbocycles. The van der Waals surface area contributed by atoms with Gasteiger partial charge in [-0.2, -0.15) is 0 Å². The van der Waals surface area contributed by atoms with E-state index in [1.165, 1.54) is 18.2 Å². The van der Waals surface area contributed by atoms with Crippen LogP contribution in [0, 0.1) is 11.6 Å². The van der Waals surface area contributed by atoms with Gasteiger partial charge in [-0.15, -0.1) is 0 Å². The average Bonchev–Trinajstić information content (AvgIpc) is 3.01. The summed E-state index contributed by atoms with van der Waals surface area (Å²) in [4.78, 5) is 6.81. The third kappa shape index (κ3) is 2.73. The minimum absolute atomic E-state index is 0.244. The Morgan fingerprint density at radius 1 is 0.875 bits per heavy atom. The van der Waals surface area contributed by atoms with Crippen LogP contribution in [-0.4, -0.2) is 44.2 Å². The average molecular weight is 329 g/mol. The molecule has 0 spiro atoms. The van der Waals surface area contributed by atoms with Gasteiger partial charge in [0, 0.05) is 31.4 Å². The second-order valence-electron chi connectivity index (χ2n) is 6.66. The first kappa shape index (κ1) is 15.4. The van der Waals surface area contributed by atoms with Crippen molar-refractivity contribution in [2.75, 3.05) is 43.0 Å². The molecule has 0 aromatic heterocycles. The standard InChI is InChI=1S/C19H21F2N3/c1-22-9-8-17(13-22)24-11-10-23(16-5-2-14(20)3-6-16)19-12-15(21)4-7-18(19)24/h2-7,12,17H,8-11,13H2,1H3/t17-/m0/s1. The minimum atomic E-state index is -0.258. The van der Waals surface area contributed by atoms with Gasteiger partial charge in [-0.05, 0) is 62.5 Å². The Morgan fingerprint density at radius 2 is 1.62 bits per heavy atom. The number of rotatable bonds is 2. The highest BCUT2D eigenvalue weighted by molar-refractivity contribution is 5.79. The van der Waals surface area contributed by atoms with Gasteiger partial charge in [-0.1, -0.05) is 0 Å². The fourth-order valence-corrected chi connectivity index (χ4v) is 3.84. The molecule has 1 atom stereocenters. The first-order chi connectivity index (χ1) is 11.6. The molecular weight excluding hydrogens is 308 g/mol. The van der Waals surface area contributed by atoms with Gasteiger partial charge < -0.3 is 14.7 Å². The van der Waals surface area contributed by atoms with E-state index < -0.39 is 0 Å². The van der Waals surface area contributed by atoms with E-state index in [0.29, 0.717) is 6.04 Å². The number of hydrogen-bond donors (Lipinski definition) is 0. The van der Waals surface area contributed by atoms with Gasteiger partial charge in [0.2, 0.25) is 0 Å². The van der Waals surface area contributed by atoms with E-state index in [2.05, 4.69) is 21.7 Å². The molecule has 2 aliphatic heterocycles. The minimum Gasteiger partial charge on any atom is -0.364 e. The third-order valence-electron chi connectivity index (χ3n) is 5.05. The number of anilines is 3. The highest BCUT2D eigenvalue weighted by Crippen LogP contribution is 2.40. The maximum Gasteiger partial charge on any atom is 0.125 e. The van der Waals surface area contributed by atoms with E-state index >= 15 is 0 Å². The van der Waals surface area contributed by atoms with Crippen molar-refractivity contribution >= 4 is 17.1 Å². The Hall–Kier alpha value is -2.14. The smallest absolute Gasteiger partial charge is 0.125 e. The Balaban J connectivity index is 1.71. The van der Waals surface area contributed by atoms with Gasteiger partial charge in [-0.3, -0.25) is 0 Å². The molecular formula is C19H21F2N3. The van der Waals surface area contributed by atoms with Gasteiger partial charge in [-0.25, -0.2) is 8.78 Å². The lowest BCUT2D eigenvalue weighted by atomic mass is 10.1. The number of likely N-dealkylation sites (N-methyl/N-ethyl adjacent to an activating group) is 1. The van der Waals surface area contributed by atoms with Crippen molar-refractivity contribution < 1.29 is 8.78 Å². The van der Waals surface area contributed by atoms with Crippen LogP contribution >= 0.6 is 0 Å². The maximum absolute atomic E-state index is 13.9. The highest BCUT2D eigenvalue weighted by atomic mass is 19.1. The zero-order valence-electron chi connectivity index (χ0n) is 13.8. The lowest BCUT2D eigenvalue weighted by Gasteiger charge is -2.41. The first-order valence-corrected chi connectivity index (χ1v) is 8.40. The fraction of sp³-hybridized carbons (Fsp3) is 0.368. The van der Waals surface area contributed by atoms with Gasteiger partial charge in [0.1, 0.15) is 11.6 Å². The predicted octanol–water partition coefficient (Wildman–Crippen LogP) is 3.63. The van der Waals surface area contributed by atoms with Crippen LogP contribution in [0.3, 0.4) is 0 Å². The van der Waals surface area contributed by atoms with Crippen LogP contribution in [0.5, 0.6) is 0 Å². The topological polar surface area (TPSA) is 9.72 Å². The van der Waals surface area contributed by atoms with E-state index in [4.69, 9.17) is 0 Å². The van der Waals surface area contributed by atoms with Crippen molar-refractivity contribution in [1.29, 1.82) is 0 Å². The van der Waals surface area contributed by atoms with E-state index in [9.17, 15) is 8.78 Å². The SMILES string of the molecule is CN1CC[C@H](N2CCN(c3ccc(F)cc3)c3cc(F)ccc32)C1. The quantitative estimate of drug-likeness (QED) is 0.833. The number of nitrogens with zero attached hydrogens (tertiary/aromatic N) is 3. The van der Waals surface area contributed by atoms with E-state index in [0.717, 1.165) is 49.7 Å². The highest BCUT2D eigenvalue weighted by Gasteiger charge is 2.32. The van der Waals surface area contributed by atoms with Crippen LogP contribution in [0.1, 0.15) is 6.42 Å². The Kier molecular flexibility index (Phi) is 3.88. The molecule has 2 aliphatic rings. The van der Waals surface area contributed by atoms with Gasteiger partial charge in [0.15, 0.2) is 0 Å². The summed E-state index contributed by atoms with van der Waals surface area (Å²) in [6.07, 6.45) is 1.13. The summed E-state index contributed by atoms with van der Waals surface area (Å²) in [5.74, 6) is -0.503. The lowest BCUT2D eigenvalue weighted by molar-refractivity contribution is 0.407. The summed E-state index contributed by atoms with van der Waals surface area (Å²) in [6, 6.07) is 11.9. The molecule has 5 heteroatoms. The fourth-order valence-electron chi connectivity index (χ4n) is 3.84. The van der Waals surface area contributed by atoms with Crippen LogP contribution in [-0.2, 0) is 0 Å². The molecule has 0 amide bonds. The van der Waals surface area contributed by atoms with Crippen LogP contribution in [0.25, 0.3) is 0 Å². The third-order valence-corrected chi connectivity index (χ3v) is 5.05. The second-order valence-corrected chi connectivity index (χ2v) is 6.66. The molecule has 4 rings (SSSR count). The second kappa shape index (κ2) is 6.06. The molecule has 0 saturated carbocycles. The molecule has 2 heterocycles. The molecule has 0 bridgehead atoms. The van der Waals surface area contributed by atoms with E-state index in [-0.39, 0.29) is 11.6 Å². The zero-order valence-corrected chi connectivity index (χ0v) is 13.8. The Labute approximate surface area is 141 Å². The molecule has 1 fully saturated rings. The molecule has 126 valence electrons. The van der Waals surface area contributed by atoms with Gasteiger partial charge in [0.05, 0.1) is 11.4 Å². The monoisotopic (exact) mass is 329 g/mol. The largest absolute Gasteiger partial charge is 0.364 e. The van der Waals surface area contributed by atoms with Crippen molar-refractivity contribution in [2.45, 2.75) is 12.5 Å². The molecule has 2 aromatic rings. The Bertz CT molecular complexity index is 732. The summed E-state index contributed by atoms with van der Waals surface area (Å²) in [5.41, 5.74) is 2.82. The summed E-state index contributed by atoms with van der Waals surface area (Å²) >= 11 is 0. The van der Waals surface area contributed by atoms with Crippen LogP contribution in [0.2, 0.25) is 0 Å². The van der Waals surface area contributed by atoms with Crippen molar-refractivity contribution in [3.63, 3.8) is 0 Å². The van der Waals surface area contributed by atoms with Crippen molar-refractivity contribution in [1.82, 2.24) is 4.90 Å². The molecule has 24 heavy (non-hydrogen) atoms. The maximum atomic E-state index is 13.9. The normalized spacial score (nSPS) is 21.2. The van der Waals surface area contributed by atoms with E-state index in [1.807, 2.05) is 6.07 Å². The summed E-state index contributed by atoms with van der Waals surface area (Å²) < 4.78 is 27.1. The first-order valence-electron chi connectivity index (χ1n) is 8.40. The number of benzene rings is 2. The molecule has 0 aliphatic carbocycles. The zero-order chi connectivity index (χ0) is 16.7. The van der Waals surface area contributed by atoms with Crippen LogP contribution < -0.4 is 9.80 Å². The summed E-state index contributed by atoms with van der Waals surface area (Å²) in [7, 11) is 2.14. The van der Waals surface area contributed by atoms with Crippen molar-refractivity contribution in [3.8, 4) is 0 Å².